The van der Waals surface area contributed by atoms with Crippen molar-refractivity contribution in [3.05, 3.63) is 35.9 Å². The molecule has 8 heteroatoms. The summed E-state index contributed by atoms with van der Waals surface area (Å²) < 4.78 is 0. The fourth-order valence-electron chi connectivity index (χ4n) is 3.73. The number of aliphatic carboxylic acids is 1. The number of carbonyl (C=O) groups is 4. The number of rotatable bonds is 7. The molecule has 0 aromatic heterocycles. The van der Waals surface area contributed by atoms with E-state index in [0.29, 0.717) is 12.8 Å². The van der Waals surface area contributed by atoms with Gasteiger partial charge in [-0.25, -0.2) is 9.59 Å². The summed E-state index contributed by atoms with van der Waals surface area (Å²) in [5.74, 6) is -1.92. The summed E-state index contributed by atoms with van der Waals surface area (Å²) in [6.07, 6.45) is 3.05. The molecule has 2 fully saturated rings. The lowest BCUT2D eigenvalue weighted by Crippen LogP contribution is -2.45. The maximum Gasteiger partial charge on any atom is 0.326 e. The quantitative estimate of drug-likeness (QED) is 0.618. The molecule has 1 aliphatic carbocycles. The molecule has 1 aliphatic heterocycles. The van der Waals surface area contributed by atoms with Gasteiger partial charge in [0.05, 0.1) is 0 Å². The number of nitrogens with one attached hydrogen (secondary N) is 2. The van der Waals surface area contributed by atoms with Gasteiger partial charge >= 0.3 is 12.0 Å². The number of carboxylic acids is 1. The molecular formula is C19H23N3O5. The van der Waals surface area contributed by atoms with Gasteiger partial charge in [-0.2, -0.15) is 0 Å². The van der Waals surface area contributed by atoms with Gasteiger partial charge in [-0.3, -0.25) is 14.5 Å². The van der Waals surface area contributed by atoms with Gasteiger partial charge in [0.1, 0.15) is 11.6 Å². The van der Waals surface area contributed by atoms with E-state index in [4.69, 9.17) is 0 Å². The molecule has 1 heterocycles. The predicted molar refractivity (Wildman–Crippen MR) is 95.8 cm³/mol. The number of carboxylic acid groups (broad SMARTS) is 1. The van der Waals surface area contributed by atoms with Crippen LogP contribution in [-0.2, 0) is 20.8 Å². The third kappa shape index (κ3) is 4.10. The average molecular weight is 373 g/mol. The number of benzene rings is 1. The highest BCUT2D eigenvalue weighted by Gasteiger charge is 2.52. The highest BCUT2D eigenvalue weighted by Crippen LogP contribution is 2.34. The third-order valence-electron chi connectivity index (χ3n) is 5.18. The maximum atomic E-state index is 12.5. The van der Waals surface area contributed by atoms with Crippen molar-refractivity contribution in [3.8, 4) is 0 Å². The predicted octanol–water partition coefficient (Wildman–Crippen LogP) is 1.05. The fourth-order valence-corrected chi connectivity index (χ4v) is 3.73. The second-order valence-electron chi connectivity index (χ2n) is 7.07. The van der Waals surface area contributed by atoms with E-state index >= 15 is 0 Å². The van der Waals surface area contributed by atoms with Crippen LogP contribution in [-0.4, -0.2) is 51.9 Å². The van der Waals surface area contributed by atoms with Crippen molar-refractivity contribution >= 4 is 23.8 Å². The van der Waals surface area contributed by atoms with Crippen molar-refractivity contribution in [2.45, 2.75) is 50.1 Å². The lowest BCUT2D eigenvalue weighted by molar-refractivity contribution is -0.142. The minimum absolute atomic E-state index is 0.0596. The Labute approximate surface area is 156 Å². The lowest BCUT2D eigenvalue weighted by Gasteiger charge is -2.20. The van der Waals surface area contributed by atoms with Crippen LogP contribution in [0.1, 0.15) is 37.7 Å². The molecule has 3 N–H and O–H groups in total. The zero-order valence-corrected chi connectivity index (χ0v) is 14.9. The number of urea groups is 1. The minimum Gasteiger partial charge on any atom is -0.480 e. The average Bonchev–Trinajstić information content (AvgIpc) is 3.19. The van der Waals surface area contributed by atoms with Crippen LogP contribution in [0.25, 0.3) is 0 Å². The number of hydrogen-bond acceptors (Lipinski definition) is 4. The highest BCUT2D eigenvalue weighted by molar-refractivity contribution is 6.07. The first kappa shape index (κ1) is 18.9. The van der Waals surface area contributed by atoms with Crippen LogP contribution in [0.5, 0.6) is 0 Å². The summed E-state index contributed by atoms with van der Waals surface area (Å²) in [4.78, 5) is 49.3. The van der Waals surface area contributed by atoms with Crippen LogP contribution in [0.4, 0.5) is 4.79 Å². The van der Waals surface area contributed by atoms with Gasteiger partial charge in [-0.15, -0.1) is 0 Å². The Balaban J connectivity index is 1.54. The Morgan fingerprint density at radius 1 is 1.19 bits per heavy atom. The van der Waals surface area contributed by atoms with Gasteiger partial charge < -0.3 is 15.7 Å². The molecule has 1 spiro atoms. The molecule has 144 valence electrons. The van der Waals surface area contributed by atoms with E-state index in [1.807, 2.05) is 6.07 Å². The van der Waals surface area contributed by atoms with E-state index in [0.717, 1.165) is 23.3 Å². The summed E-state index contributed by atoms with van der Waals surface area (Å²) in [6.45, 7) is -0.0596. The third-order valence-corrected chi connectivity index (χ3v) is 5.18. The molecule has 1 saturated heterocycles. The van der Waals surface area contributed by atoms with E-state index in [2.05, 4.69) is 10.6 Å². The molecule has 1 saturated carbocycles. The molecule has 8 nitrogen and oxygen atoms in total. The fraction of sp³-hybridized carbons (Fsp3) is 0.474. The van der Waals surface area contributed by atoms with Crippen molar-refractivity contribution in [1.82, 2.24) is 15.5 Å². The zero-order chi connectivity index (χ0) is 19.4. The molecule has 0 unspecified atom stereocenters. The first-order chi connectivity index (χ1) is 12.9. The zero-order valence-electron chi connectivity index (χ0n) is 14.9. The Hall–Kier alpha value is -2.90. The summed E-state index contributed by atoms with van der Waals surface area (Å²) in [6, 6.07) is 7.46. The Morgan fingerprint density at radius 2 is 1.85 bits per heavy atom. The molecule has 1 aromatic rings. The van der Waals surface area contributed by atoms with E-state index in [1.165, 1.54) is 0 Å². The molecule has 1 atom stereocenters. The van der Waals surface area contributed by atoms with Gasteiger partial charge in [0.15, 0.2) is 0 Å². The van der Waals surface area contributed by atoms with Crippen LogP contribution < -0.4 is 10.6 Å². The second-order valence-corrected chi connectivity index (χ2v) is 7.07. The van der Waals surface area contributed by atoms with E-state index in [1.54, 1.807) is 24.3 Å². The van der Waals surface area contributed by atoms with Gasteiger partial charge in [0.25, 0.3) is 5.91 Å². The van der Waals surface area contributed by atoms with Crippen molar-refractivity contribution in [2.75, 3.05) is 6.54 Å². The number of nitrogens with zero attached hydrogens (tertiary/aromatic N) is 1. The Morgan fingerprint density at radius 3 is 2.48 bits per heavy atom. The monoisotopic (exact) mass is 373 g/mol. The topological polar surface area (TPSA) is 116 Å². The SMILES string of the molecule is O=C(CCN1C(=O)NC2(CCCC2)C1=O)N[C@H](Cc1ccccc1)C(=O)O. The van der Waals surface area contributed by atoms with Crippen molar-refractivity contribution < 1.29 is 24.3 Å². The summed E-state index contributed by atoms with van der Waals surface area (Å²) >= 11 is 0. The first-order valence-corrected chi connectivity index (χ1v) is 9.11. The van der Waals surface area contributed by atoms with Gasteiger partial charge in [0.2, 0.25) is 5.91 Å². The molecule has 27 heavy (non-hydrogen) atoms. The summed E-state index contributed by atoms with van der Waals surface area (Å²) in [5, 5.41) is 14.6. The standard InChI is InChI=1S/C19H23N3O5/c23-15(20-14(16(24)25)12-13-6-2-1-3-7-13)8-11-22-17(26)19(21-18(22)27)9-4-5-10-19/h1-3,6-7,14H,4-5,8-12H2,(H,20,23)(H,21,27)(H,24,25)/t14-/m1/s1. The summed E-state index contributed by atoms with van der Waals surface area (Å²) in [7, 11) is 0. The Bertz CT molecular complexity index is 743. The summed E-state index contributed by atoms with van der Waals surface area (Å²) in [5.41, 5.74) is -0.00717. The van der Waals surface area contributed by atoms with E-state index in [9.17, 15) is 24.3 Å². The number of amides is 4. The number of carbonyl (C=O) groups excluding carboxylic acids is 3. The van der Waals surface area contributed by atoms with E-state index < -0.39 is 29.5 Å². The van der Waals surface area contributed by atoms with Crippen LogP contribution in [0.15, 0.2) is 30.3 Å². The number of imide groups is 1. The largest absolute Gasteiger partial charge is 0.480 e. The molecule has 2 aliphatic rings. The molecule has 0 bridgehead atoms. The first-order valence-electron chi connectivity index (χ1n) is 9.11. The van der Waals surface area contributed by atoms with Crippen LogP contribution in [0.2, 0.25) is 0 Å². The van der Waals surface area contributed by atoms with Crippen LogP contribution in [0.3, 0.4) is 0 Å². The normalized spacial score (nSPS) is 19.2. The van der Waals surface area contributed by atoms with Crippen molar-refractivity contribution in [3.63, 3.8) is 0 Å². The van der Waals surface area contributed by atoms with Gasteiger partial charge in [-0.1, -0.05) is 43.2 Å². The minimum atomic E-state index is -1.13. The van der Waals surface area contributed by atoms with E-state index in [-0.39, 0.29) is 25.3 Å². The molecule has 0 radical (unpaired) electrons. The number of hydrogen-bond donors (Lipinski definition) is 3. The van der Waals surface area contributed by atoms with Crippen molar-refractivity contribution in [2.24, 2.45) is 0 Å². The van der Waals surface area contributed by atoms with Crippen LogP contribution in [0, 0.1) is 0 Å². The lowest BCUT2D eigenvalue weighted by atomic mass is 9.98. The highest BCUT2D eigenvalue weighted by atomic mass is 16.4. The molecular weight excluding hydrogens is 350 g/mol. The van der Waals surface area contributed by atoms with Crippen LogP contribution >= 0.6 is 0 Å². The molecule has 3 rings (SSSR count). The smallest absolute Gasteiger partial charge is 0.326 e. The molecule has 1 aromatic carbocycles. The van der Waals surface area contributed by atoms with Gasteiger partial charge in [-0.05, 0) is 18.4 Å². The Kier molecular flexibility index (Phi) is 5.43. The maximum absolute atomic E-state index is 12.5. The van der Waals surface area contributed by atoms with Crippen molar-refractivity contribution in [1.29, 1.82) is 0 Å². The van der Waals surface area contributed by atoms with Gasteiger partial charge in [0, 0.05) is 19.4 Å². The second kappa shape index (κ2) is 7.77. The molecule has 4 amide bonds.